The number of nitrogens with zero attached hydrogens (tertiary/aromatic N) is 2. The first kappa shape index (κ1) is 21.2. The number of esters is 1. The summed E-state index contributed by atoms with van der Waals surface area (Å²) in [5.74, 6) is -0.688. The van der Waals surface area contributed by atoms with Gasteiger partial charge in [0.25, 0.3) is 0 Å². The minimum absolute atomic E-state index is 0.119. The monoisotopic (exact) mass is 432 g/mol. The van der Waals surface area contributed by atoms with E-state index in [-0.39, 0.29) is 11.5 Å². The highest BCUT2D eigenvalue weighted by atomic mass is 35.5. The Kier molecular flexibility index (Phi) is 6.21. The van der Waals surface area contributed by atoms with Crippen LogP contribution in [0.3, 0.4) is 0 Å². The summed E-state index contributed by atoms with van der Waals surface area (Å²) in [6.45, 7) is 3.19. The first-order chi connectivity index (χ1) is 13.7. The summed E-state index contributed by atoms with van der Waals surface area (Å²) in [5.41, 5.74) is 2.98. The van der Waals surface area contributed by atoms with Crippen molar-refractivity contribution in [2.75, 3.05) is 13.6 Å². The van der Waals surface area contributed by atoms with Crippen molar-refractivity contribution in [3.63, 3.8) is 0 Å². The van der Waals surface area contributed by atoms with Gasteiger partial charge in [-0.15, -0.1) is 0 Å². The van der Waals surface area contributed by atoms with Crippen molar-refractivity contribution in [3.8, 4) is 0 Å². The third-order valence-electron chi connectivity index (χ3n) is 4.60. The third kappa shape index (κ3) is 4.58. The van der Waals surface area contributed by atoms with Crippen LogP contribution in [0, 0.1) is 13.8 Å². The molecule has 0 unspecified atom stereocenters. The van der Waals surface area contributed by atoms with Gasteiger partial charge in [0.15, 0.2) is 0 Å². The number of carbonyl (C=O) groups is 1. The minimum Gasteiger partial charge on any atom is -0.458 e. The molecule has 0 aliphatic carbocycles. The third-order valence-corrected chi connectivity index (χ3v) is 6.92. The van der Waals surface area contributed by atoms with Gasteiger partial charge in [-0.3, -0.25) is 4.79 Å². The topological polar surface area (TPSA) is 76.6 Å². The lowest BCUT2D eigenvalue weighted by Crippen LogP contribution is -2.33. The van der Waals surface area contributed by atoms with Gasteiger partial charge in [0, 0.05) is 12.4 Å². The second-order valence-electron chi connectivity index (χ2n) is 6.75. The van der Waals surface area contributed by atoms with Crippen LogP contribution < -0.4 is 0 Å². The Morgan fingerprint density at radius 3 is 2.45 bits per heavy atom. The fraction of sp³-hybridized carbons (Fsp3) is 0.238. The van der Waals surface area contributed by atoms with E-state index in [0.29, 0.717) is 10.7 Å². The zero-order valence-corrected chi connectivity index (χ0v) is 17.9. The Labute approximate surface area is 175 Å². The van der Waals surface area contributed by atoms with Gasteiger partial charge in [-0.25, -0.2) is 13.4 Å². The summed E-state index contributed by atoms with van der Waals surface area (Å²) >= 11 is 6.37. The molecular weight excluding hydrogens is 412 g/mol. The highest BCUT2D eigenvalue weighted by Crippen LogP contribution is 2.27. The second-order valence-corrected chi connectivity index (χ2v) is 9.17. The first-order valence-electron chi connectivity index (χ1n) is 8.92. The van der Waals surface area contributed by atoms with Gasteiger partial charge in [0.1, 0.15) is 13.2 Å². The number of sulfonamides is 1. The molecule has 8 heteroatoms. The number of ether oxygens (including phenoxy) is 1. The van der Waals surface area contributed by atoms with E-state index in [0.717, 1.165) is 26.3 Å². The normalized spacial score (nSPS) is 11.8. The number of rotatable bonds is 6. The molecule has 1 aromatic heterocycles. The van der Waals surface area contributed by atoms with Crippen LogP contribution in [-0.2, 0) is 26.2 Å². The molecule has 3 aromatic rings. The number of hydrogen-bond acceptors (Lipinski definition) is 5. The zero-order chi connectivity index (χ0) is 21.2. The quantitative estimate of drug-likeness (QED) is 0.552. The van der Waals surface area contributed by atoms with E-state index in [1.165, 1.54) is 19.2 Å². The number of aromatic nitrogens is 1. The molecule has 0 aliphatic rings. The Morgan fingerprint density at radius 1 is 1.10 bits per heavy atom. The number of halogens is 1. The number of benzene rings is 2. The lowest BCUT2D eigenvalue weighted by Gasteiger charge is -2.17. The van der Waals surface area contributed by atoms with Crippen LogP contribution in [0.15, 0.2) is 53.4 Å². The largest absolute Gasteiger partial charge is 0.458 e. The summed E-state index contributed by atoms with van der Waals surface area (Å²) in [4.78, 5) is 16.8. The summed E-state index contributed by atoms with van der Waals surface area (Å²) in [7, 11) is -2.45. The summed E-state index contributed by atoms with van der Waals surface area (Å²) in [6.07, 6.45) is 0. The molecule has 0 saturated carbocycles. The Hall–Kier alpha value is -2.48. The highest BCUT2D eigenvalue weighted by molar-refractivity contribution is 7.89. The molecule has 1 heterocycles. The Morgan fingerprint density at radius 2 is 1.76 bits per heavy atom. The van der Waals surface area contributed by atoms with Crippen molar-refractivity contribution < 1.29 is 17.9 Å². The number of pyridine rings is 1. The van der Waals surface area contributed by atoms with E-state index >= 15 is 0 Å². The predicted molar refractivity (Wildman–Crippen MR) is 112 cm³/mol. The molecule has 0 aliphatic heterocycles. The molecule has 3 rings (SSSR count). The van der Waals surface area contributed by atoms with Crippen molar-refractivity contribution in [3.05, 3.63) is 70.4 Å². The van der Waals surface area contributed by atoms with Crippen molar-refractivity contribution in [1.29, 1.82) is 0 Å². The maximum Gasteiger partial charge on any atom is 0.321 e. The predicted octanol–water partition coefficient (Wildman–Crippen LogP) is 3.87. The Bertz CT molecular complexity index is 1160. The molecule has 2 aromatic carbocycles. The van der Waals surface area contributed by atoms with Crippen molar-refractivity contribution in [1.82, 2.24) is 9.29 Å². The van der Waals surface area contributed by atoms with E-state index in [2.05, 4.69) is 4.98 Å². The van der Waals surface area contributed by atoms with Crippen LogP contribution >= 0.6 is 11.6 Å². The van der Waals surface area contributed by atoms with E-state index in [1.807, 2.05) is 38.1 Å². The van der Waals surface area contributed by atoms with E-state index in [9.17, 15) is 13.2 Å². The number of likely N-dealkylation sites (N-methyl/N-ethyl adjacent to an activating group) is 1. The highest BCUT2D eigenvalue weighted by Gasteiger charge is 2.23. The van der Waals surface area contributed by atoms with Gasteiger partial charge in [-0.05, 0) is 37.6 Å². The Balaban J connectivity index is 1.69. The summed E-state index contributed by atoms with van der Waals surface area (Å²) in [5, 5.41) is 1.36. The summed E-state index contributed by atoms with van der Waals surface area (Å²) in [6, 6.07) is 14.0. The molecular formula is C21H21ClN2O4S. The van der Waals surface area contributed by atoms with Gasteiger partial charge >= 0.3 is 5.97 Å². The second kappa shape index (κ2) is 8.49. The average molecular weight is 433 g/mol. The molecule has 152 valence electrons. The number of fused-ring (bicyclic) bond motifs is 1. The van der Waals surface area contributed by atoms with Gasteiger partial charge in [-0.2, -0.15) is 4.31 Å². The number of carbonyl (C=O) groups excluding carboxylic acids is 1. The van der Waals surface area contributed by atoms with Crippen LogP contribution in [0.4, 0.5) is 0 Å². The molecule has 0 fully saturated rings. The zero-order valence-electron chi connectivity index (χ0n) is 16.3. The number of para-hydroxylation sites is 1. The smallest absolute Gasteiger partial charge is 0.321 e. The van der Waals surface area contributed by atoms with Crippen molar-refractivity contribution >= 4 is 38.5 Å². The lowest BCUT2D eigenvalue weighted by atomic mass is 10.1. The minimum atomic E-state index is -3.79. The van der Waals surface area contributed by atoms with Crippen LogP contribution in [0.5, 0.6) is 0 Å². The van der Waals surface area contributed by atoms with Gasteiger partial charge in [0.2, 0.25) is 10.0 Å². The van der Waals surface area contributed by atoms with Crippen LogP contribution in [0.1, 0.15) is 16.8 Å². The number of aryl methyl sites for hydroxylation is 2. The maximum atomic E-state index is 12.6. The molecule has 0 atom stereocenters. The van der Waals surface area contributed by atoms with Gasteiger partial charge in [-0.1, -0.05) is 47.5 Å². The lowest BCUT2D eigenvalue weighted by molar-refractivity contribution is -0.145. The fourth-order valence-electron chi connectivity index (χ4n) is 2.86. The number of hydrogen-bond donors (Lipinski definition) is 0. The average Bonchev–Trinajstić information content (AvgIpc) is 2.70. The molecule has 29 heavy (non-hydrogen) atoms. The van der Waals surface area contributed by atoms with E-state index < -0.39 is 22.5 Å². The summed E-state index contributed by atoms with van der Waals surface area (Å²) < 4.78 is 31.4. The van der Waals surface area contributed by atoms with Crippen molar-refractivity contribution in [2.24, 2.45) is 0 Å². The SMILES string of the molecule is Cc1ccc(S(=O)(=O)N(C)CC(=O)OCc2nc3ccccc3c(C)c2Cl)cc1. The van der Waals surface area contributed by atoms with E-state index in [1.54, 1.807) is 12.1 Å². The molecule has 0 amide bonds. The van der Waals surface area contributed by atoms with Crippen LogP contribution in [0.2, 0.25) is 5.02 Å². The molecule has 0 radical (unpaired) electrons. The van der Waals surface area contributed by atoms with Crippen molar-refractivity contribution in [2.45, 2.75) is 25.3 Å². The first-order valence-corrected chi connectivity index (χ1v) is 10.7. The van der Waals surface area contributed by atoms with E-state index in [4.69, 9.17) is 16.3 Å². The van der Waals surface area contributed by atoms with Crippen LogP contribution in [0.25, 0.3) is 10.9 Å². The molecule has 0 N–H and O–H groups in total. The fourth-order valence-corrected chi connectivity index (χ4v) is 4.18. The standard InChI is InChI=1S/C21H21ClN2O4S/c1-14-8-10-16(11-9-14)29(26,27)24(3)12-20(25)28-13-19-21(22)15(2)17-6-4-5-7-18(17)23-19/h4-11H,12-13H2,1-3H3. The molecule has 6 nitrogen and oxygen atoms in total. The molecule has 0 bridgehead atoms. The molecule has 0 saturated heterocycles. The van der Waals surface area contributed by atoms with Gasteiger partial charge in [0.05, 0.1) is 21.1 Å². The van der Waals surface area contributed by atoms with Crippen LogP contribution in [-0.4, -0.2) is 37.3 Å². The molecule has 0 spiro atoms. The maximum absolute atomic E-state index is 12.6. The van der Waals surface area contributed by atoms with Gasteiger partial charge < -0.3 is 4.74 Å².